The van der Waals surface area contributed by atoms with Crippen LogP contribution >= 0.6 is 0 Å². The standard InChI is InChI=1S/C16H34N2/c1-3-4-5-6-7-8-9-10-14-12-16(18)15(17)11-13(14)2/h13-16H,3-12,17-18H2,1-2H3. The number of unbranched alkanes of at least 4 members (excludes halogenated alkanes) is 6. The first-order valence-electron chi connectivity index (χ1n) is 8.16. The summed E-state index contributed by atoms with van der Waals surface area (Å²) in [7, 11) is 0. The van der Waals surface area contributed by atoms with Gasteiger partial charge in [-0.25, -0.2) is 0 Å². The zero-order valence-electron chi connectivity index (χ0n) is 12.5. The van der Waals surface area contributed by atoms with Crippen LogP contribution in [0.1, 0.15) is 78.1 Å². The Morgan fingerprint density at radius 1 is 0.833 bits per heavy atom. The normalized spacial score (nSPS) is 32.7. The summed E-state index contributed by atoms with van der Waals surface area (Å²) in [6, 6.07) is 0.487. The van der Waals surface area contributed by atoms with Crippen LogP contribution in [0.4, 0.5) is 0 Å². The number of rotatable bonds is 8. The molecule has 2 nitrogen and oxygen atoms in total. The molecular weight excluding hydrogens is 220 g/mol. The van der Waals surface area contributed by atoms with Crippen molar-refractivity contribution in [3.8, 4) is 0 Å². The first kappa shape index (κ1) is 16.0. The van der Waals surface area contributed by atoms with Gasteiger partial charge in [0.05, 0.1) is 0 Å². The van der Waals surface area contributed by atoms with Crippen molar-refractivity contribution in [2.45, 2.75) is 90.1 Å². The minimum Gasteiger partial charge on any atom is -0.326 e. The Bertz CT molecular complexity index is 205. The van der Waals surface area contributed by atoms with E-state index in [2.05, 4.69) is 13.8 Å². The van der Waals surface area contributed by atoms with Crippen molar-refractivity contribution in [1.82, 2.24) is 0 Å². The van der Waals surface area contributed by atoms with Gasteiger partial charge in [0.15, 0.2) is 0 Å². The van der Waals surface area contributed by atoms with Crippen molar-refractivity contribution >= 4 is 0 Å². The molecule has 4 N–H and O–H groups in total. The van der Waals surface area contributed by atoms with Crippen LogP contribution in [0.2, 0.25) is 0 Å². The van der Waals surface area contributed by atoms with Crippen molar-refractivity contribution in [3.63, 3.8) is 0 Å². The van der Waals surface area contributed by atoms with Crippen LogP contribution < -0.4 is 11.5 Å². The molecule has 0 aromatic heterocycles. The van der Waals surface area contributed by atoms with E-state index in [1.54, 1.807) is 0 Å². The molecule has 0 amide bonds. The van der Waals surface area contributed by atoms with Gasteiger partial charge in [0.1, 0.15) is 0 Å². The number of hydrogen-bond donors (Lipinski definition) is 2. The lowest BCUT2D eigenvalue weighted by Gasteiger charge is -2.37. The van der Waals surface area contributed by atoms with Crippen molar-refractivity contribution in [3.05, 3.63) is 0 Å². The molecule has 4 unspecified atom stereocenters. The molecule has 0 bridgehead atoms. The molecule has 0 aliphatic heterocycles. The van der Waals surface area contributed by atoms with Crippen LogP contribution in [0, 0.1) is 11.8 Å². The first-order valence-corrected chi connectivity index (χ1v) is 8.16. The van der Waals surface area contributed by atoms with E-state index in [0.717, 1.165) is 24.7 Å². The summed E-state index contributed by atoms with van der Waals surface area (Å²) < 4.78 is 0. The second kappa shape index (κ2) is 8.92. The van der Waals surface area contributed by atoms with Gasteiger partial charge >= 0.3 is 0 Å². The second-order valence-electron chi connectivity index (χ2n) is 6.45. The molecule has 0 saturated heterocycles. The average molecular weight is 254 g/mol. The molecule has 1 aliphatic rings. The molecule has 0 aromatic rings. The zero-order chi connectivity index (χ0) is 13.4. The van der Waals surface area contributed by atoms with E-state index < -0.39 is 0 Å². The number of nitrogens with two attached hydrogens (primary N) is 2. The SMILES string of the molecule is CCCCCCCCCC1CC(N)C(N)CC1C. The lowest BCUT2D eigenvalue weighted by Crippen LogP contribution is -2.48. The Kier molecular flexibility index (Phi) is 7.92. The maximum absolute atomic E-state index is 6.09. The Hall–Kier alpha value is -0.0800. The van der Waals surface area contributed by atoms with Gasteiger partial charge in [-0.3, -0.25) is 0 Å². The van der Waals surface area contributed by atoms with Crippen molar-refractivity contribution in [1.29, 1.82) is 0 Å². The van der Waals surface area contributed by atoms with Crippen LogP contribution in [0.15, 0.2) is 0 Å². The molecule has 1 fully saturated rings. The fourth-order valence-corrected chi connectivity index (χ4v) is 3.32. The lowest BCUT2D eigenvalue weighted by molar-refractivity contribution is 0.194. The highest BCUT2D eigenvalue weighted by molar-refractivity contribution is 4.88. The van der Waals surface area contributed by atoms with Gasteiger partial charge in [-0.2, -0.15) is 0 Å². The van der Waals surface area contributed by atoms with Crippen LogP contribution in [-0.2, 0) is 0 Å². The van der Waals surface area contributed by atoms with E-state index in [0.29, 0.717) is 0 Å². The lowest BCUT2D eigenvalue weighted by atomic mass is 9.73. The molecule has 18 heavy (non-hydrogen) atoms. The summed E-state index contributed by atoms with van der Waals surface area (Å²) in [6.45, 7) is 4.63. The summed E-state index contributed by atoms with van der Waals surface area (Å²) in [5.41, 5.74) is 12.1. The summed E-state index contributed by atoms with van der Waals surface area (Å²) >= 11 is 0. The van der Waals surface area contributed by atoms with Gasteiger partial charge in [0.2, 0.25) is 0 Å². The third kappa shape index (κ3) is 5.71. The van der Waals surface area contributed by atoms with E-state index in [1.165, 1.54) is 51.4 Å². The Morgan fingerprint density at radius 3 is 2.06 bits per heavy atom. The van der Waals surface area contributed by atoms with Gasteiger partial charge in [0.25, 0.3) is 0 Å². The van der Waals surface area contributed by atoms with Gasteiger partial charge in [-0.15, -0.1) is 0 Å². The van der Waals surface area contributed by atoms with Gasteiger partial charge in [0, 0.05) is 12.1 Å². The van der Waals surface area contributed by atoms with E-state index >= 15 is 0 Å². The minimum absolute atomic E-state index is 0.241. The largest absolute Gasteiger partial charge is 0.326 e. The molecule has 0 radical (unpaired) electrons. The summed E-state index contributed by atoms with van der Waals surface area (Å²) in [4.78, 5) is 0. The molecule has 108 valence electrons. The van der Waals surface area contributed by atoms with Crippen molar-refractivity contribution in [2.24, 2.45) is 23.3 Å². The fraction of sp³-hybridized carbons (Fsp3) is 1.00. The highest BCUT2D eigenvalue weighted by atomic mass is 14.8. The summed E-state index contributed by atoms with van der Waals surface area (Å²) in [6.07, 6.45) is 13.5. The molecule has 1 aliphatic carbocycles. The predicted octanol–water partition coefficient (Wildman–Crippen LogP) is 3.83. The maximum Gasteiger partial charge on any atom is 0.0195 e. The Labute approximate surface area is 114 Å². The summed E-state index contributed by atoms with van der Waals surface area (Å²) in [5, 5.41) is 0. The smallest absolute Gasteiger partial charge is 0.0195 e. The van der Waals surface area contributed by atoms with Gasteiger partial charge in [-0.05, 0) is 24.7 Å². The molecule has 4 atom stereocenters. The molecule has 0 heterocycles. The van der Waals surface area contributed by atoms with E-state index in [4.69, 9.17) is 11.5 Å². The predicted molar refractivity (Wildman–Crippen MR) is 80.4 cm³/mol. The second-order valence-corrected chi connectivity index (χ2v) is 6.45. The fourth-order valence-electron chi connectivity index (χ4n) is 3.32. The van der Waals surface area contributed by atoms with E-state index in [1.807, 2.05) is 0 Å². The van der Waals surface area contributed by atoms with Crippen LogP contribution in [0.25, 0.3) is 0 Å². The van der Waals surface area contributed by atoms with Gasteiger partial charge < -0.3 is 11.5 Å². The molecule has 0 spiro atoms. The molecule has 0 aromatic carbocycles. The summed E-state index contributed by atoms with van der Waals surface area (Å²) in [5.74, 6) is 1.61. The van der Waals surface area contributed by atoms with Crippen molar-refractivity contribution < 1.29 is 0 Å². The highest BCUT2D eigenvalue weighted by Gasteiger charge is 2.30. The molecular formula is C16H34N2. The molecule has 2 heteroatoms. The molecule has 1 saturated carbocycles. The van der Waals surface area contributed by atoms with Gasteiger partial charge in [-0.1, -0.05) is 65.2 Å². The highest BCUT2D eigenvalue weighted by Crippen LogP contribution is 2.32. The molecule has 1 rings (SSSR count). The minimum atomic E-state index is 0.241. The van der Waals surface area contributed by atoms with Crippen LogP contribution in [0.5, 0.6) is 0 Å². The average Bonchev–Trinajstić information content (AvgIpc) is 2.34. The van der Waals surface area contributed by atoms with E-state index in [-0.39, 0.29) is 12.1 Å². The van der Waals surface area contributed by atoms with Crippen LogP contribution in [-0.4, -0.2) is 12.1 Å². The third-order valence-electron chi connectivity index (χ3n) is 4.75. The van der Waals surface area contributed by atoms with E-state index in [9.17, 15) is 0 Å². The topological polar surface area (TPSA) is 52.0 Å². The Balaban J connectivity index is 2.04. The zero-order valence-corrected chi connectivity index (χ0v) is 12.5. The van der Waals surface area contributed by atoms with Crippen molar-refractivity contribution in [2.75, 3.05) is 0 Å². The first-order chi connectivity index (χ1) is 8.65. The maximum atomic E-state index is 6.09. The monoisotopic (exact) mass is 254 g/mol. The quantitative estimate of drug-likeness (QED) is 0.647. The van der Waals surface area contributed by atoms with Crippen LogP contribution in [0.3, 0.4) is 0 Å². The Morgan fingerprint density at radius 2 is 1.39 bits per heavy atom. The third-order valence-corrected chi connectivity index (χ3v) is 4.75. The number of hydrogen-bond acceptors (Lipinski definition) is 2.